The van der Waals surface area contributed by atoms with Gasteiger partial charge in [-0.3, -0.25) is 9.59 Å². The molecule has 0 heterocycles. The minimum Gasteiger partial charge on any atom is -0.481 e. The first-order valence-corrected chi connectivity index (χ1v) is 6.15. The molecule has 0 aliphatic carbocycles. The molecule has 0 bridgehead atoms. The Morgan fingerprint density at radius 1 is 1.16 bits per heavy atom. The lowest BCUT2D eigenvalue weighted by molar-refractivity contribution is -0.155. The Bertz CT molecular complexity index is 425. The highest BCUT2D eigenvalue weighted by molar-refractivity contribution is 5.92. The van der Waals surface area contributed by atoms with Crippen LogP contribution in [0.15, 0.2) is 43.0 Å². The van der Waals surface area contributed by atoms with Crippen LogP contribution in [-0.4, -0.2) is 22.2 Å². The monoisotopic (exact) mass is 262 g/mol. The van der Waals surface area contributed by atoms with Crippen LogP contribution in [0.25, 0.3) is 0 Å². The van der Waals surface area contributed by atoms with Gasteiger partial charge in [0, 0.05) is 0 Å². The SMILES string of the molecule is C=CC[C@H](Cc1ccccc1)CC(C(=O)O)C(=O)O. The van der Waals surface area contributed by atoms with E-state index in [-0.39, 0.29) is 12.3 Å². The molecule has 1 rings (SSSR count). The van der Waals surface area contributed by atoms with Crippen molar-refractivity contribution >= 4 is 11.9 Å². The Morgan fingerprint density at radius 2 is 1.74 bits per heavy atom. The van der Waals surface area contributed by atoms with Gasteiger partial charge in [-0.05, 0) is 30.7 Å². The van der Waals surface area contributed by atoms with Crippen LogP contribution in [0.3, 0.4) is 0 Å². The molecule has 102 valence electrons. The first-order chi connectivity index (χ1) is 9.04. The second-order valence-corrected chi connectivity index (χ2v) is 4.54. The number of carboxylic acids is 2. The second kappa shape index (κ2) is 7.36. The number of carbonyl (C=O) groups is 2. The largest absolute Gasteiger partial charge is 0.481 e. The lowest BCUT2D eigenvalue weighted by atomic mass is 9.87. The summed E-state index contributed by atoms with van der Waals surface area (Å²) in [6.07, 6.45) is 3.08. The number of aliphatic carboxylic acids is 2. The molecule has 1 aromatic carbocycles. The molecule has 2 N–H and O–H groups in total. The van der Waals surface area contributed by atoms with E-state index < -0.39 is 17.9 Å². The number of carboxylic acid groups (broad SMARTS) is 2. The number of benzene rings is 1. The van der Waals surface area contributed by atoms with Gasteiger partial charge < -0.3 is 10.2 Å². The Hall–Kier alpha value is -2.10. The van der Waals surface area contributed by atoms with Crippen molar-refractivity contribution in [1.29, 1.82) is 0 Å². The quantitative estimate of drug-likeness (QED) is 0.558. The summed E-state index contributed by atoms with van der Waals surface area (Å²) in [5.74, 6) is -3.95. The average Bonchev–Trinajstić information content (AvgIpc) is 2.36. The van der Waals surface area contributed by atoms with Crippen molar-refractivity contribution in [3.05, 3.63) is 48.6 Å². The zero-order valence-electron chi connectivity index (χ0n) is 10.7. The Kier molecular flexibility index (Phi) is 5.79. The summed E-state index contributed by atoms with van der Waals surface area (Å²) in [6.45, 7) is 3.64. The molecule has 0 aliphatic rings. The first kappa shape index (κ1) is 15.0. The van der Waals surface area contributed by atoms with E-state index in [4.69, 9.17) is 10.2 Å². The van der Waals surface area contributed by atoms with Gasteiger partial charge in [0.1, 0.15) is 0 Å². The van der Waals surface area contributed by atoms with Gasteiger partial charge >= 0.3 is 11.9 Å². The van der Waals surface area contributed by atoms with Crippen molar-refractivity contribution in [2.75, 3.05) is 0 Å². The van der Waals surface area contributed by atoms with Gasteiger partial charge in [-0.2, -0.15) is 0 Å². The maximum absolute atomic E-state index is 10.9. The normalized spacial score (nSPS) is 12.1. The lowest BCUT2D eigenvalue weighted by Crippen LogP contribution is -2.26. The molecule has 0 amide bonds. The third kappa shape index (κ3) is 4.95. The molecule has 19 heavy (non-hydrogen) atoms. The van der Waals surface area contributed by atoms with Crippen LogP contribution < -0.4 is 0 Å². The highest BCUT2D eigenvalue weighted by Crippen LogP contribution is 2.22. The predicted octanol–water partition coefficient (Wildman–Crippen LogP) is 2.60. The Balaban J connectivity index is 2.74. The van der Waals surface area contributed by atoms with Crippen LogP contribution in [-0.2, 0) is 16.0 Å². The fourth-order valence-corrected chi connectivity index (χ4v) is 2.09. The highest BCUT2D eigenvalue weighted by Gasteiger charge is 2.28. The van der Waals surface area contributed by atoms with Gasteiger partial charge in [0.05, 0.1) is 0 Å². The molecule has 0 unspecified atom stereocenters. The summed E-state index contributed by atoms with van der Waals surface area (Å²) >= 11 is 0. The highest BCUT2D eigenvalue weighted by atomic mass is 16.4. The standard InChI is InChI=1S/C15H18O4/c1-2-6-12(9-11-7-4-3-5-8-11)10-13(14(16)17)15(18)19/h2-5,7-8,12-13H,1,6,9-10H2,(H,16,17)(H,18,19)/t12-/m1/s1. The van der Waals surface area contributed by atoms with Crippen LogP contribution in [0.1, 0.15) is 18.4 Å². The summed E-state index contributed by atoms with van der Waals surface area (Å²) in [4.78, 5) is 21.9. The molecule has 0 aliphatic heterocycles. The topological polar surface area (TPSA) is 74.6 Å². The molecule has 1 aromatic rings. The third-order valence-electron chi connectivity index (χ3n) is 3.03. The minimum absolute atomic E-state index is 0.0305. The Morgan fingerprint density at radius 3 is 2.21 bits per heavy atom. The summed E-state index contributed by atoms with van der Waals surface area (Å²) in [6, 6.07) is 9.63. The smallest absolute Gasteiger partial charge is 0.317 e. The van der Waals surface area contributed by atoms with E-state index >= 15 is 0 Å². The number of hydrogen-bond donors (Lipinski definition) is 2. The van der Waals surface area contributed by atoms with E-state index in [1.165, 1.54) is 0 Å². The molecular formula is C15H18O4. The number of hydrogen-bond acceptors (Lipinski definition) is 2. The summed E-state index contributed by atoms with van der Waals surface area (Å²) in [7, 11) is 0. The van der Waals surface area contributed by atoms with Crippen LogP contribution in [0, 0.1) is 11.8 Å². The van der Waals surface area contributed by atoms with Crippen molar-refractivity contribution in [1.82, 2.24) is 0 Å². The van der Waals surface area contributed by atoms with Crippen LogP contribution in [0.5, 0.6) is 0 Å². The van der Waals surface area contributed by atoms with E-state index in [0.29, 0.717) is 12.8 Å². The maximum atomic E-state index is 10.9. The fraction of sp³-hybridized carbons (Fsp3) is 0.333. The van der Waals surface area contributed by atoms with E-state index in [1.54, 1.807) is 6.08 Å². The summed E-state index contributed by atoms with van der Waals surface area (Å²) in [5, 5.41) is 17.8. The van der Waals surface area contributed by atoms with Crippen LogP contribution >= 0.6 is 0 Å². The van der Waals surface area contributed by atoms with Crippen LogP contribution in [0.4, 0.5) is 0 Å². The van der Waals surface area contributed by atoms with E-state index in [2.05, 4.69) is 6.58 Å². The van der Waals surface area contributed by atoms with E-state index in [1.807, 2.05) is 30.3 Å². The molecule has 0 aromatic heterocycles. The zero-order chi connectivity index (χ0) is 14.3. The molecule has 0 spiro atoms. The Labute approximate surface area is 112 Å². The predicted molar refractivity (Wildman–Crippen MR) is 71.8 cm³/mol. The van der Waals surface area contributed by atoms with Crippen LogP contribution in [0.2, 0.25) is 0 Å². The van der Waals surface area contributed by atoms with Gasteiger partial charge in [0.15, 0.2) is 5.92 Å². The number of rotatable bonds is 8. The van der Waals surface area contributed by atoms with Crippen molar-refractivity contribution in [3.63, 3.8) is 0 Å². The molecule has 4 nitrogen and oxygen atoms in total. The van der Waals surface area contributed by atoms with Crippen molar-refractivity contribution in [2.24, 2.45) is 11.8 Å². The summed E-state index contributed by atoms with van der Waals surface area (Å²) in [5.41, 5.74) is 1.07. The molecule has 0 radical (unpaired) electrons. The van der Waals surface area contributed by atoms with Crippen molar-refractivity contribution < 1.29 is 19.8 Å². The minimum atomic E-state index is -1.35. The van der Waals surface area contributed by atoms with Gasteiger partial charge in [-0.15, -0.1) is 6.58 Å². The van der Waals surface area contributed by atoms with Crippen molar-refractivity contribution in [2.45, 2.75) is 19.3 Å². The van der Waals surface area contributed by atoms with Crippen molar-refractivity contribution in [3.8, 4) is 0 Å². The van der Waals surface area contributed by atoms with E-state index in [0.717, 1.165) is 5.56 Å². The van der Waals surface area contributed by atoms with Gasteiger partial charge in [-0.1, -0.05) is 36.4 Å². The molecule has 0 fully saturated rings. The van der Waals surface area contributed by atoms with Gasteiger partial charge in [0.2, 0.25) is 0 Å². The second-order valence-electron chi connectivity index (χ2n) is 4.54. The molecule has 4 heteroatoms. The fourth-order valence-electron chi connectivity index (χ4n) is 2.09. The van der Waals surface area contributed by atoms with Gasteiger partial charge in [0.25, 0.3) is 0 Å². The molecule has 1 atom stereocenters. The van der Waals surface area contributed by atoms with E-state index in [9.17, 15) is 9.59 Å². The lowest BCUT2D eigenvalue weighted by Gasteiger charge is -2.17. The molecule has 0 saturated carbocycles. The zero-order valence-corrected chi connectivity index (χ0v) is 10.7. The first-order valence-electron chi connectivity index (χ1n) is 6.15. The van der Waals surface area contributed by atoms with Gasteiger partial charge in [-0.25, -0.2) is 0 Å². The molecule has 0 saturated heterocycles. The molecular weight excluding hydrogens is 244 g/mol. The maximum Gasteiger partial charge on any atom is 0.317 e. The average molecular weight is 262 g/mol. The number of allylic oxidation sites excluding steroid dienone is 1. The summed E-state index contributed by atoms with van der Waals surface area (Å²) < 4.78 is 0. The third-order valence-corrected chi connectivity index (χ3v) is 3.03.